The van der Waals surface area contributed by atoms with Gasteiger partial charge in [0.15, 0.2) is 0 Å². The molecule has 2 heterocycles. The van der Waals surface area contributed by atoms with E-state index < -0.39 is 0 Å². The van der Waals surface area contributed by atoms with Gasteiger partial charge < -0.3 is 10.2 Å². The third-order valence-corrected chi connectivity index (χ3v) is 3.34. The molecule has 0 amide bonds. The highest BCUT2D eigenvalue weighted by atomic mass is 15.2. The van der Waals surface area contributed by atoms with Gasteiger partial charge in [-0.15, -0.1) is 0 Å². The lowest BCUT2D eigenvalue weighted by molar-refractivity contribution is 0.848. The van der Waals surface area contributed by atoms with Crippen LogP contribution in [0.3, 0.4) is 0 Å². The Morgan fingerprint density at radius 1 is 1.16 bits per heavy atom. The third kappa shape index (κ3) is 2.52. The molecule has 0 spiro atoms. The third-order valence-electron chi connectivity index (χ3n) is 3.34. The van der Waals surface area contributed by atoms with Crippen LogP contribution >= 0.6 is 0 Å². The van der Waals surface area contributed by atoms with Crippen LogP contribution in [0.5, 0.6) is 0 Å². The Hall–Kier alpha value is -2.10. The molecule has 19 heavy (non-hydrogen) atoms. The lowest BCUT2D eigenvalue weighted by atomic mass is 10.1. The molecule has 1 aromatic heterocycles. The van der Waals surface area contributed by atoms with Crippen molar-refractivity contribution in [1.29, 1.82) is 0 Å². The van der Waals surface area contributed by atoms with Crippen molar-refractivity contribution < 1.29 is 0 Å². The molecule has 0 bridgehead atoms. The van der Waals surface area contributed by atoms with Crippen LogP contribution in [0.1, 0.15) is 24.5 Å². The van der Waals surface area contributed by atoms with Crippen molar-refractivity contribution >= 4 is 11.6 Å². The first-order valence-electron chi connectivity index (χ1n) is 6.74. The van der Waals surface area contributed by atoms with Crippen LogP contribution in [0.25, 0.3) is 0 Å². The maximum atomic E-state index is 4.63. The highest BCUT2D eigenvalue weighted by molar-refractivity contribution is 5.49. The van der Waals surface area contributed by atoms with Gasteiger partial charge in [0.25, 0.3) is 0 Å². The molecule has 3 rings (SSSR count). The molecule has 1 N–H and O–H groups in total. The largest absolute Gasteiger partial charge is 0.369 e. The minimum Gasteiger partial charge on any atom is -0.369 e. The maximum Gasteiger partial charge on any atom is 0.150 e. The van der Waals surface area contributed by atoms with E-state index in [0.717, 1.165) is 37.7 Å². The highest BCUT2D eigenvalue weighted by Gasteiger charge is 2.19. The Morgan fingerprint density at radius 2 is 1.89 bits per heavy atom. The fourth-order valence-corrected chi connectivity index (χ4v) is 2.34. The van der Waals surface area contributed by atoms with Gasteiger partial charge in [0, 0.05) is 19.6 Å². The molecular formula is C15H18N4. The summed E-state index contributed by atoms with van der Waals surface area (Å²) in [4.78, 5) is 11.2. The Bertz CT molecular complexity index is 543. The lowest BCUT2D eigenvalue weighted by Crippen LogP contribution is -2.17. The van der Waals surface area contributed by atoms with Crippen molar-refractivity contribution in [3.63, 3.8) is 0 Å². The van der Waals surface area contributed by atoms with E-state index in [-0.39, 0.29) is 0 Å². The molecule has 4 nitrogen and oxygen atoms in total. The SMILES string of the molecule is CCCNc1cncc(N2Cc3ccccc3C2)n1. The molecule has 0 radical (unpaired) electrons. The van der Waals surface area contributed by atoms with Crippen LogP contribution in [-0.4, -0.2) is 16.5 Å². The van der Waals surface area contributed by atoms with Gasteiger partial charge in [-0.05, 0) is 17.5 Å². The monoisotopic (exact) mass is 254 g/mol. The number of benzene rings is 1. The predicted octanol–water partition coefficient (Wildman–Crippen LogP) is 2.82. The van der Waals surface area contributed by atoms with Gasteiger partial charge in [0.1, 0.15) is 11.6 Å². The summed E-state index contributed by atoms with van der Waals surface area (Å²) in [5.74, 6) is 1.80. The van der Waals surface area contributed by atoms with E-state index in [1.807, 2.05) is 6.20 Å². The molecule has 0 unspecified atom stereocenters. The number of hydrogen-bond donors (Lipinski definition) is 1. The molecule has 0 aliphatic carbocycles. The van der Waals surface area contributed by atoms with Gasteiger partial charge in [-0.2, -0.15) is 0 Å². The summed E-state index contributed by atoms with van der Waals surface area (Å²) in [7, 11) is 0. The van der Waals surface area contributed by atoms with Gasteiger partial charge >= 0.3 is 0 Å². The van der Waals surface area contributed by atoms with Crippen molar-refractivity contribution in [3.05, 3.63) is 47.8 Å². The average Bonchev–Trinajstić information content (AvgIpc) is 2.89. The van der Waals surface area contributed by atoms with Crippen LogP contribution in [0.2, 0.25) is 0 Å². The number of nitrogens with one attached hydrogen (secondary N) is 1. The molecule has 0 fully saturated rings. The first-order chi connectivity index (χ1) is 9.36. The van der Waals surface area contributed by atoms with Crippen molar-refractivity contribution in [3.8, 4) is 0 Å². The number of fused-ring (bicyclic) bond motifs is 1. The smallest absolute Gasteiger partial charge is 0.150 e. The number of aromatic nitrogens is 2. The summed E-state index contributed by atoms with van der Waals surface area (Å²) in [5.41, 5.74) is 2.77. The first-order valence-corrected chi connectivity index (χ1v) is 6.74. The maximum absolute atomic E-state index is 4.63. The number of anilines is 2. The number of nitrogens with zero attached hydrogens (tertiary/aromatic N) is 3. The van der Waals surface area contributed by atoms with E-state index in [2.05, 4.69) is 51.4 Å². The molecule has 2 aromatic rings. The van der Waals surface area contributed by atoms with Crippen LogP contribution in [0, 0.1) is 0 Å². The number of rotatable bonds is 4. The van der Waals surface area contributed by atoms with Gasteiger partial charge in [-0.25, -0.2) is 4.98 Å². The Labute approximate surface area is 113 Å². The molecule has 0 atom stereocenters. The normalized spacial score (nSPS) is 13.4. The fraction of sp³-hybridized carbons (Fsp3) is 0.333. The summed E-state index contributed by atoms with van der Waals surface area (Å²) in [6.45, 7) is 4.91. The van der Waals surface area contributed by atoms with Crippen molar-refractivity contribution in [2.24, 2.45) is 0 Å². The average molecular weight is 254 g/mol. The standard InChI is InChI=1S/C15H18N4/c1-2-7-17-14-8-16-9-15(18-14)19-10-12-5-3-4-6-13(12)11-19/h3-6,8-9H,2,7,10-11H2,1H3,(H,17,18). The van der Waals surface area contributed by atoms with E-state index in [4.69, 9.17) is 0 Å². The zero-order valence-corrected chi connectivity index (χ0v) is 11.1. The fourth-order valence-electron chi connectivity index (χ4n) is 2.34. The zero-order chi connectivity index (χ0) is 13.1. The van der Waals surface area contributed by atoms with Crippen LogP contribution < -0.4 is 10.2 Å². The van der Waals surface area contributed by atoms with E-state index in [9.17, 15) is 0 Å². The van der Waals surface area contributed by atoms with Gasteiger partial charge in [-0.1, -0.05) is 31.2 Å². The summed E-state index contributed by atoms with van der Waals surface area (Å²) < 4.78 is 0. The Morgan fingerprint density at radius 3 is 2.58 bits per heavy atom. The second kappa shape index (κ2) is 5.26. The van der Waals surface area contributed by atoms with Crippen LogP contribution in [-0.2, 0) is 13.1 Å². The predicted molar refractivity (Wildman–Crippen MR) is 77.1 cm³/mol. The summed E-state index contributed by atoms with van der Waals surface area (Å²) >= 11 is 0. The minimum absolute atomic E-state index is 0.857. The van der Waals surface area contributed by atoms with E-state index in [0.29, 0.717) is 0 Å². The summed E-state index contributed by atoms with van der Waals surface area (Å²) in [5, 5.41) is 3.28. The summed E-state index contributed by atoms with van der Waals surface area (Å²) in [6, 6.07) is 8.55. The summed E-state index contributed by atoms with van der Waals surface area (Å²) in [6.07, 6.45) is 4.70. The Balaban J connectivity index is 1.77. The van der Waals surface area contributed by atoms with E-state index >= 15 is 0 Å². The molecule has 1 aromatic carbocycles. The van der Waals surface area contributed by atoms with Crippen molar-refractivity contribution in [1.82, 2.24) is 9.97 Å². The molecule has 98 valence electrons. The van der Waals surface area contributed by atoms with Crippen LogP contribution in [0.15, 0.2) is 36.7 Å². The topological polar surface area (TPSA) is 41.1 Å². The highest BCUT2D eigenvalue weighted by Crippen LogP contribution is 2.26. The Kier molecular flexibility index (Phi) is 3.31. The van der Waals surface area contributed by atoms with Gasteiger partial charge in [0.05, 0.1) is 12.4 Å². The molecule has 1 aliphatic rings. The minimum atomic E-state index is 0.857. The van der Waals surface area contributed by atoms with Crippen molar-refractivity contribution in [2.45, 2.75) is 26.4 Å². The van der Waals surface area contributed by atoms with Crippen molar-refractivity contribution in [2.75, 3.05) is 16.8 Å². The first kappa shape index (κ1) is 12.0. The number of hydrogen-bond acceptors (Lipinski definition) is 4. The quantitative estimate of drug-likeness (QED) is 0.911. The second-order valence-electron chi connectivity index (χ2n) is 4.81. The zero-order valence-electron chi connectivity index (χ0n) is 11.1. The lowest BCUT2D eigenvalue weighted by Gasteiger charge is -2.16. The van der Waals surface area contributed by atoms with Crippen LogP contribution in [0.4, 0.5) is 11.6 Å². The van der Waals surface area contributed by atoms with Gasteiger partial charge in [-0.3, -0.25) is 4.98 Å². The molecule has 0 saturated carbocycles. The van der Waals surface area contributed by atoms with E-state index in [1.54, 1.807) is 6.20 Å². The van der Waals surface area contributed by atoms with E-state index in [1.165, 1.54) is 11.1 Å². The van der Waals surface area contributed by atoms with Gasteiger partial charge in [0.2, 0.25) is 0 Å². The molecule has 1 aliphatic heterocycles. The second-order valence-corrected chi connectivity index (χ2v) is 4.81. The molecule has 4 heteroatoms. The molecular weight excluding hydrogens is 236 g/mol. The molecule has 0 saturated heterocycles.